The lowest BCUT2D eigenvalue weighted by atomic mass is 9.97. The number of para-hydroxylation sites is 1. The molecule has 0 saturated carbocycles. The molecule has 1 N–H and O–H groups in total. The van der Waals surface area contributed by atoms with E-state index in [0.717, 1.165) is 88.1 Å². The van der Waals surface area contributed by atoms with Gasteiger partial charge in [-0.15, -0.1) is 0 Å². The van der Waals surface area contributed by atoms with Crippen molar-refractivity contribution in [1.29, 1.82) is 0 Å². The van der Waals surface area contributed by atoms with Crippen molar-refractivity contribution in [2.24, 2.45) is 0 Å². The van der Waals surface area contributed by atoms with Crippen LogP contribution in [0, 0.1) is 0 Å². The van der Waals surface area contributed by atoms with Gasteiger partial charge in [-0.05, 0) is 119 Å². The van der Waals surface area contributed by atoms with E-state index in [-0.39, 0.29) is 5.75 Å². The number of rotatable bonds is 7. The summed E-state index contributed by atoms with van der Waals surface area (Å²) in [5.41, 5.74) is 13.1. The van der Waals surface area contributed by atoms with Crippen LogP contribution in [0.1, 0.15) is 0 Å². The summed E-state index contributed by atoms with van der Waals surface area (Å²) in [5, 5.41) is 12.1. The van der Waals surface area contributed by atoms with Crippen molar-refractivity contribution in [2.45, 2.75) is 0 Å². The molecule has 2 heterocycles. The summed E-state index contributed by atoms with van der Waals surface area (Å²) in [6.45, 7) is 0. The average Bonchev–Trinajstić information content (AvgIpc) is 3.22. The number of pyridine rings is 2. The van der Waals surface area contributed by atoms with Gasteiger partial charge in [0.05, 0.1) is 22.4 Å². The summed E-state index contributed by atoms with van der Waals surface area (Å²) in [6.07, 6.45) is 0. The summed E-state index contributed by atoms with van der Waals surface area (Å²) >= 11 is 3.58. The Bertz CT molecular complexity index is 2550. The average molecular weight is 747 g/mol. The van der Waals surface area contributed by atoms with Gasteiger partial charge in [0.15, 0.2) is 0 Å². The van der Waals surface area contributed by atoms with Crippen LogP contribution < -0.4 is 4.90 Å². The Balaban J connectivity index is 1.24. The smallest absolute Gasteiger partial charge is 0.115 e. The van der Waals surface area contributed by atoms with Gasteiger partial charge < -0.3 is 10.0 Å². The van der Waals surface area contributed by atoms with Gasteiger partial charge in [0.2, 0.25) is 0 Å². The van der Waals surface area contributed by atoms with E-state index >= 15 is 0 Å². The molecule has 9 aromatic rings. The molecular formula is C48H32BrN3O. The van der Waals surface area contributed by atoms with Gasteiger partial charge in [-0.1, -0.05) is 107 Å². The Morgan fingerprint density at radius 2 is 0.830 bits per heavy atom. The third-order valence-corrected chi connectivity index (χ3v) is 10.1. The molecule has 2 aromatic heterocycles. The molecular weight excluding hydrogens is 714 g/mol. The van der Waals surface area contributed by atoms with Gasteiger partial charge in [0.1, 0.15) is 5.75 Å². The molecule has 0 aliphatic carbocycles. The predicted octanol–water partition coefficient (Wildman–Crippen LogP) is 13.4. The highest BCUT2D eigenvalue weighted by atomic mass is 79.9. The van der Waals surface area contributed by atoms with Crippen molar-refractivity contribution >= 4 is 54.8 Å². The highest BCUT2D eigenvalue weighted by Gasteiger charge is 2.18. The first-order valence-corrected chi connectivity index (χ1v) is 18.3. The Kier molecular flexibility index (Phi) is 8.47. The number of benzene rings is 7. The fourth-order valence-corrected chi connectivity index (χ4v) is 7.26. The van der Waals surface area contributed by atoms with Crippen molar-refractivity contribution in [3.8, 4) is 50.5 Å². The number of aromatic nitrogens is 2. The number of halogens is 1. The number of hydrogen-bond acceptors (Lipinski definition) is 4. The molecule has 0 aliphatic heterocycles. The van der Waals surface area contributed by atoms with E-state index in [2.05, 4.69) is 172 Å². The van der Waals surface area contributed by atoms with Crippen molar-refractivity contribution < 1.29 is 5.11 Å². The fourth-order valence-electron chi connectivity index (χ4n) is 6.99. The third-order valence-electron chi connectivity index (χ3n) is 9.59. The maximum atomic E-state index is 9.95. The van der Waals surface area contributed by atoms with Crippen LogP contribution in [0.25, 0.3) is 66.6 Å². The van der Waals surface area contributed by atoms with Crippen LogP contribution in [0.2, 0.25) is 0 Å². The van der Waals surface area contributed by atoms with Gasteiger partial charge in [0.25, 0.3) is 0 Å². The Morgan fingerprint density at radius 1 is 0.396 bits per heavy atom. The highest BCUT2D eigenvalue weighted by Crippen LogP contribution is 2.42. The lowest BCUT2D eigenvalue weighted by Crippen LogP contribution is -2.10. The van der Waals surface area contributed by atoms with Crippen LogP contribution in [-0.2, 0) is 0 Å². The summed E-state index contributed by atoms with van der Waals surface area (Å²) in [5.74, 6) is 0.230. The maximum Gasteiger partial charge on any atom is 0.115 e. The van der Waals surface area contributed by atoms with Crippen LogP contribution >= 0.6 is 15.9 Å². The minimum absolute atomic E-state index is 0.230. The van der Waals surface area contributed by atoms with Crippen molar-refractivity contribution in [2.75, 3.05) is 4.90 Å². The van der Waals surface area contributed by atoms with Gasteiger partial charge >= 0.3 is 0 Å². The van der Waals surface area contributed by atoms with E-state index in [9.17, 15) is 5.11 Å². The monoisotopic (exact) mass is 745 g/mol. The lowest BCUT2D eigenvalue weighted by Gasteiger charge is -2.26. The first-order valence-electron chi connectivity index (χ1n) is 17.5. The summed E-state index contributed by atoms with van der Waals surface area (Å²) in [6, 6.07) is 64.4. The van der Waals surface area contributed by atoms with Gasteiger partial charge in [-0.2, -0.15) is 0 Å². The van der Waals surface area contributed by atoms with Crippen molar-refractivity contribution in [3.05, 3.63) is 193 Å². The quantitative estimate of drug-likeness (QED) is 0.176. The second kappa shape index (κ2) is 13.9. The maximum absolute atomic E-state index is 9.95. The second-order valence-electron chi connectivity index (χ2n) is 13.0. The first-order chi connectivity index (χ1) is 26.1. The molecule has 0 radical (unpaired) electrons. The molecule has 0 amide bonds. The zero-order valence-corrected chi connectivity index (χ0v) is 30.2. The van der Waals surface area contributed by atoms with E-state index in [1.807, 2.05) is 24.3 Å². The van der Waals surface area contributed by atoms with Crippen molar-refractivity contribution in [1.82, 2.24) is 9.97 Å². The molecule has 4 nitrogen and oxygen atoms in total. The molecule has 7 aromatic carbocycles. The first kappa shape index (κ1) is 32.4. The van der Waals surface area contributed by atoms with Gasteiger partial charge in [-0.3, -0.25) is 0 Å². The zero-order chi connectivity index (χ0) is 35.7. The normalized spacial score (nSPS) is 11.2. The largest absolute Gasteiger partial charge is 0.508 e. The molecule has 0 fully saturated rings. The second-order valence-corrected chi connectivity index (χ2v) is 13.9. The highest BCUT2D eigenvalue weighted by molar-refractivity contribution is 9.10. The number of phenolic OH excluding ortho intramolecular Hbond substituents is 1. The van der Waals surface area contributed by atoms with E-state index in [4.69, 9.17) is 9.97 Å². The fraction of sp³-hybridized carbons (Fsp3) is 0. The lowest BCUT2D eigenvalue weighted by molar-refractivity contribution is 0.475. The Hall–Kier alpha value is -6.56. The number of fused-ring (bicyclic) bond motifs is 2. The van der Waals surface area contributed by atoms with Gasteiger partial charge in [0, 0.05) is 43.4 Å². The number of phenols is 1. The molecule has 0 bridgehead atoms. The molecule has 0 aliphatic rings. The third kappa shape index (κ3) is 6.43. The van der Waals surface area contributed by atoms with Crippen LogP contribution in [-0.4, -0.2) is 15.1 Å². The minimum atomic E-state index is 0.230. The molecule has 0 unspecified atom stereocenters. The summed E-state index contributed by atoms with van der Waals surface area (Å²) in [4.78, 5) is 12.6. The molecule has 252 valence electrons. The summed E-state index contributed by atoms with van der Waals surface area (Å²) in [7, 11) is 0. The molecule has 0 saturated heterocycles. The standard InChI is InChI=1S/C48H32BrN3O/c49-36-20-16-34(17-21-36)47-30-41(32-10-4-1-5-11-32)43-28-38(22-26-45(43)50-47)52(37-14-8-3-9-15-37)39-23-27-46-44(29-39)42(33-12-6-2-7-13-33)31-48(51-46)35-18-24-40(53)25-19-35/h1-31,53H. The van der Waals surface area contributed by atoms with Crippen LogP contribution in [0.15, 0.2) is 193 Å². The SMILES string of the molecule is Oc1ccc(-c2cc(-c3ccccc3)c3cc(N(c4ccccc4)c4ccc5nc(-c6ccc(Br)cc6)cc(-c6ccccc6)c5c4)ccc3n2)cc1. The Labute approximate surface area is 316 Å². The molecule has 53 heavy (non-hydrogen) atoms. The zero-order valence-electron chi connectivity index (χ0n) is 28.6. The molecule has 0 atom stereocenters. The number of hydrogen-bond donors (Lipinski definition) is 1. The van der Waals surface area contributed by atoms with Gasteiger partial charge in [-0.25, -0.2) is 9.97 Å². The van der Waals surface area contributed by atoms with Crippen LogP contribution in [0.3, 0.4) is 0 Å². The number of aromatic hydroxyl groups is 1. The number of nitrogens with zero attached hydrogens (tertiary/aromatic N) is 3. The van der Waals surface area contributed by atoms with E-state index < -0.39 is 0 Å². The van der Waals surface area contributed by atoms with Crippen LogP contribution in [0.4, 0.5) is 17.1 Å². The summed E-state index contributed by atoms with van der Waals surface area (Å²) < 4.78 is 1.04. The van der Waals surface area contributed by atoms with E-state index in [0.29, 0.717) is 0 Å². The minimum Gasteiger partial charge on any atom is -0.508 e. The predicted molar refractivity (Wildman–Crippen MR) is 223 cm³/mol. The molecule has 5 heteroatoms. The number of anilines is 3. The Morgan fingerprint density at radius 3 is 1.30 bits per heavy atom. The van der Waals surface area contributed by atoms with E-state index in [1.165, 1.54) is 0 Å². The van der Waals surface area contributed by atoms with Crippen LogP contribution in [0.5, 0.6) is 5.75 Å². The van der Waals surface area contributed by atoms with E-state index in [1.54, 1.807) is 12.1 Å². The van der Waals surface area contributed by atoms with Crippen molar-refractivity contribution in [3.63, 3.8) is 0 Å². The topological polar surface area (TPSA) is 49.2 Å². The molecule has 9 rings (SSSR count). The molecule has 0 spiro atoms.